The first kappa shape index (κ1) is 19.1. The van der Waals surface area contributed by atoms with E-state index in [0.717, 1.165) is 0 Å². The molecule has 2 heterocycles. The Morgan fingerprint density at radius 2 is 1.85 bits per heavy atom. The summed E-state index contributed by atoms with van der Waals surface area (Å²) in [5.74, 6) is 1.11. The van der Waals surface area contributed by atoms with Gasteiger partial charge in [-0.25, -0.2) is 0 Å². The van der Waals surface area contributed by atoms with Crippen LogP contribution in [0.2, 0.25) is 0 Å². The van der Waals surface area contributed by atoms with E-state index in [1.165, 1.54) is 0 Å². The highest BCUT2D eigenvalue weighted by molar-refractivity contribution is 5.92. The van der Waals surface area contributed by atoms with Crippen LogP contribution in [0, 0.1) is 0 Å². The van der Waals surface area contributed by atoms with E-state index in [0.29, 0.717) is 48.8 Å². The van der Waals surface area contributed by atoms with Crippen molar-refractivity contribution in [1.82, 2.24) is 9.88 Å². The minimum atomic E-state index is -0.922. The molecule has 144 valence electrons. The van der Waals surface area contributed by atoms with Crippen molar-refractivity contribution in [3.63, 3.8) is 0 Å². The third-order valence-corrected chi connectivity index (χ3v) is 4.83. The lowest BCUT2D eigenvalue weighted by atomic mass is 9.88. The average Bonchev–Trinajstić information content (AvgIpc) is 2.70. The molecule has 1 aromatic carbocycles. The van der Waals surface area contributed by atoms with Gasteiger partial charge in [-0.2, -0.15) is 0 Å². The molecule has 0 atom stereocenters. The summed E-state index contributed by atoms with van der Waals surface area (Å²) in [6, 6.07) is 10.8. The van der Waals surface area contributed by atoms with Gasteiger partial charge in [0.05, 0.1) is 26.5 Å². The number of piperidine rings is 1. The maximum atomic E-state index is 12.4. The van der Waals surface area contributed by atoms with Crippen molar-refractivity contribution in [3.05, 3.63) is 48.3 Å². The van der Waals surface area contributed by atoms with Crippen LogP contribution in [0.1, 0.15) is 18.5 Å². The van der Waals surface area contributed by atoms with Crippen molar-refractivity contribution < 1.29 is 19.4 Å². The number of carbonyl (C=O) groups excluding carboxylic acids is 1. The Morgan fingerprint density at radius 3 is 2.41 bits per heavy atom. The number of benzene rings is 1. The number of pyridine rings is 1. The largest absolute Gasteiger partial charge is 0.497 e. The fourth-order valence-corrected chi connectivity index (χ4v) is 3.26. The molecule has 0 radical (unpaired) electrons. The standard InChI is InChI=1S/C20H25N3O4/c1-26-16-11-15(12-17(13-16)27-2)22-19(24)14-23-9-6-20(25,7-10-23)18-5-3-4-8-21-18/h3-5,8,11-13,25H,6-7,9-10,14H2,1-2H3,(H,22,24). The lowest BCUT2D eigenvalue weighted by molar-refractivity contribution is -0.118. The molecule has 0 unspecified atom stereocenters. The van der Waals surface area contributed by atoms with Gasteiger partial charge in [0.1, 0.15) is 17.1 Å². The summed E-state index contributed by atoms with van der Waals surface area (Å²) < 4.78 is 10.4. The van der Waals surface area contributed by atoms with Gasteiger partial charge in [0, 0.05) is 43.2 Å². The smallest absolute Gasteiger partial charge is 0.238 e. The Kier molecular flexibility index (Phi) is 5.93. The molecular weight excluding hydrogens is 346 g/mol. The molecule has 3 rings (SSSR count). The number of nitrogens with one attached hydrogen (secondary N) is 1. The normalized spacial score (nSPS) is 16.6. The minimum absolute atomic E-state index is 0.117. The van der Waals surface area contributed by atoms with Gasteiger partial charge in [0.25, 0.3) is 0 Å². The maximum absolute atomic E-state index is 12.4. The molecule has 7 heteroatoms. The number of nitrogens with zero attached hydrogens (tertiary/aromatic N) is 2. The van der Waals surface area contributed by atoms with Gasteiger partial charge in [-0.3, -0.25) is 14.7 Å². The van der Waals surface area contributed by atoms with E-state index in [4.69, 9.17) is 9.47 Å². The number of aliphatic hydroxyl groups is 1. The monoisotopic (exact) mass is 371 g/mol. The van der Waals surface area contributed by atoms with Gasteiger partial charge in [0.15, 0.2) is 0 Å². The SMILES string of the molecule is COc1cc(NC(=O)CN2CCC(O)(c3ccccn3)CC2)cc(OC)c1. The summed E-state index contributed by atoms with van der Waals surface area (Å²) in [4.78, 5) is 18.7. The van der Waals surface area contributed by atoms with Gasteiger partial charge in [-0.05, 0) is 25.0 Å². The third kappa shape index (κ3) is 4.75. The van der Waals surface area contributed by atoms with Crippen LogP contribution in [-0.2, 0) is 10.4 Å². The summed E-state index contributed by atoms with van der Waals surface area (Å²) in [6.07, 6.45) is 2.78. The van der Waals surface area contributed by atoms with E-state index in [9.17, 15) is 9.90 Å². The zero-order valence-electron chi connectivity index (χ0n) is 15.6. The molecule has 0 saturated carbocycles. The van der Waals surface area contributed by atoms with E-state index in [1.807, 2.05) is 23.1 Å². The number of hydrogen-bond acceptors (Lipinski definition) is 6. The molecule has 2 aromatic rings. The number of hydrogen-bond donors (Lipinski definition) is 2. The van der Waals surface area contributed by atoms with Crippen LogP contribution in [-0.4, -0.2) is 54.8 Å². The summed E-state index contributed by atoms with van der Waals surface area (Å²) in [6.45, 7) is 1.52. The molecule has 7 nitrogen and oxygen atoms in total. The van der Waals surface area contributed by atoms with Crippen molar-refractivity contribution in [2.45, 2.75) is 18.4 Å². The number of aromatic nitrogens is 1. The first-order valence-electron chi connectivity index (χ1n) is 8.91. The topological polar surface area (TPSA) is 83.9 Å². The van der Waals surface area contributed by atoms with Gasteiger partial charge < -0.3 is 19.9 Å². The highest BCUT2D eigenvalue weighted by Gasteiger charge is 2.35. The second kappa shape index (κ2) is 8.37. The van der Waals surface area contributed by atoms with Gasteiger partial charge in [-0.15, -0.1) is 0 Å². The Bertz CT molecular complexity index is 752. The maximum Gasteiger partial charge on any atom is 0.238 e. The number of carbonyl (C=O) groups is 1. The summed E-state index contributed by atoms with van der Waals surface area (Å²) in [7, 11) is 3.13. The Morgan fingerprint density at radius 1 is 1.19 bits per heavy atom. The minimum Gasteiger partial charge on any atom is -0.497 e. The van der Waals surface area contributed by atoms with Crippen LogP contribution in [0.3, 0.4) is 0 Å². The molecule has 27 heavy (non-hydrogen) atoms. The van der Waals surface area contributed by atoms with E-state index < -0.39 is 5.60 Å². The second-order valence-corrected chi connectivity index (χ2v) is 6.67. The predicted molar refractivity (Wildman–Crippen MR) is 102 cm³/mol. The molecule has 0 bridgehead atoms. The number of ether oxygens (including phenoxy) is 2. The van der Waals surface area contributed by atoms with Crippen molar-refractivity contribution in [2.24, 2.45) is 0 Å². The second-order valence-electron chi connectivity index (χ2n) is 6.67. The molecule has 1 fully saturated rings. The Labute approximate surface area is 158 Å². The number of amides is 1. The summed E-state index contributed by atoms with van der Waals surface area (Å²) >= 11 is 0. The summed E-state index contributed by atoms with van der Waals surface area (Å²) in [5.41, 5.74) is 0.393. The van der Waals surface area contributed by atoms with E-state index >= 15 is 0 Å². The van der Waals surface area contributed by atoms with Crippen molar-refractivity contribution in [2.75, 3.05) is 39.2 Å². The lowest BCUT2D eigenvalue weighted by Gasteiger charge is -2.37. The molecule has 1 aromatic heterocycles. The van der Waals surface area contributed by atoms with Crippen molar-refractivity contribution >= 4 is 11.6 Å². The number of likely N-dealkylation sites (tertiary alicyclic amines) is 1. The molecule has 1 aliphatic rings. The van der Waals surface area contributed by atoms with Crippen LogP contribution in [0.15, 0.2) is 42.6 Å². The fourth-order valence-electron chi connectivity index (χ4n) is 3.26. The number of anilines is 1. The Balaban J connectivity index is 1.56. The van der Waals surface area contributed by atoms with Crippen LogP contribution in [0.4, 0.5) is 5.69 Å². The lowest BCUT2D eigenvalue weighted by Crippen LogP contribution is -2.45. The van der Waals surface area contributed by atoms with Crippen LogP contribution < -0.4 is 14.8 Å². The third-order valence-electron chi connectivity index (χ3n) is 4.83. The van der Waals surface area contributed by atoms with Gasteiger partial charge in [0.2, 0.25) is 5.91 Å². The number of rotatable bonds is 6. The van der Waals surface area contributed by atoms with Crippen LogP contribution >= 0.6 is 0 Å². The molecule has 1 saturated heterocycles. The zero-order valence-corrected chi connectivity index (χ0v) is 15.6. The quantitative estimate of drug-likeness (QED) is 0.808. The zero-order chi connectivity index (χ0) is 19.3. The first-order valence-corrected chi connectivity index (χ1v) is 8.91. The molecule has 2 N–H and O–H groups in total. The first-order chi connectivity index (χ1) is 13.0. The van der Waals surface area contributed by atoms with E-state index in [1.54, 1.807) is 38.6 Å². The predicted octanol–water partition coefficient (Wildman–Crippen LogP) is 2.02. The molecular formula is C20H25N3O4. The molecule has 0 aliphatic carbocycles. The highest BCUT2D eigenvalue weighted by atomic mass is 16.5. The molecule has 0 spiro atoms. The Hall–Kier alpha value is -2.64. The molecule has 1 aliphatic heterocycles. The van der Waals surface area contributed by atoms with Crippen molar-refractivity contribution in [1.29, 1.82) is 0 Å². The van der Waals surface area contributed by atoms with Crippen LogP contribution in [0.5, 0.6) is 11.5 Å². The van der Waals surface area contributed by atoms with Gasteiger partial charge >= 0.3 is 0 Å². The van der Waals surface area contributed by atoms with E-state index in [2.05, 4.69) is 10.3 Å². The van der Waals surface area contributed by atoms with Crippen molar-refractivity contribution in [3.8, 4) is 11.5 Å². The van der Waals surface area contributed by atoms with Gasteiger partial charge in [-0.1, -0.05) is 6.07 Å². The highest BCUT2D eigenvalue weighted by Crippen LogP contribution is 2.31. The van der Waals surface area contributed by atoms with E-state index in [-0.39, 0.29) is 12.5 Å². The fraction of sp³-hybridized carbons (Fsp3) is 0.400. The van der Waals surface area contributed by atoms with Crippen LogP contribution in [0.25, 0.3) is 0 Å². The average molecular weight is 371 g/mol. The summed E-state index contributed by atoms with van der Waals surface area (Å²) in [5, 5.41) is 13.7. The number of methoxy groups -OCH3 is 2. The molecule has 1 amide bonds.